The van der Waals surface area contributed by atoms with Gasteiger partial charge in [-0.3, -0.25) is 15.5 Å². The van der Waals surface area contributed by atoms with E-state index in [1.165, 1.54) is 0 Å². The van der Waals surface area contributed by atoms with Crippen molar-refractivity contribution in [2.75, 3.05) is 0 Å². The van der Waals surface area contributed by atoms with E-state index in [2.05, 4.69) is 38.4 Å². The van der Waals surface area contributed by atoms with Crippen molar-refractivity contribution in [3.05, 3.63) is 32.9 Å². The van der Waals surface area contributed by atoms with Crippen molar-refractivity contribution in [1.82, 2.24) is 20.2 Å². The van der Waals surface area contributed by atoms with Crippen LogP contribution in [0.1, 0.15) is 30.0 Å². The lowest BCUT2D eigenvalue weighted by atomic mass is 10.2. The van der Waals surface area contributed by atoms with Crippen molar-refractivity contribution in [2.24, 2.45) is 5.84 Å². The van der Waals surface area contributed by atoms with Gasteiger partial charge in [0.2, 0.25) is 0 Å². The number of nitrogens with zero attached hydrogens (tertiary/aromatic N) is 3. The Bertz CT molecular complexity index is 467. The minimum absolute atomic E-state index is 0.0778. The molecule has 3 N–H and O–H groups in total. The van der Waals surface area contributed by atoms with Gasteiger partial charge in [-0.1, -0.05) is 6.92 Å². The highest BCUT2D eigenvalue weighted by Gasteiger charge is 2.21. The molecule has 2 heterocycles. The van der Waals surface area contributed by atoms with Crippen LogP contribution in [0, 0.1) is 0 Å². The van der Waals surface area contributed by atoms with Gasteiger partial charge in [0.25, 0.3) is 0 Å². The summed E-state index contributed by atoms with van der Waals surface area (Å²) in [7, 11) is 0. The van der Waals surface area contributed by atoms with Gasteiger partial charge >= 0.3 is 0 Å². The Morgan fingerprint density at radius 1 is 1.59 bits per heavy atom. The van der Waals surface area contributed by atoms with Crippen LogP contribution < -0.4 is 11.3 Å². The molecule has 0 aromatic carbocycles. The number of halogens is 1. The Labute approximate surface area is 112 Å². The van der Waals surface area contributed by atoms with E-state index < -0.39 is 0 Å². The Kier molecular flexibility index (Phi) is 4.27. The second-order valence-corrected chi connectivity index (χ2v) is 5.38. The minimum Gasteiger partial charge on any atom is -0.270 e. The molecular formula is C10H14BrN5S. The van der Waals surface area contributed by atoms with Crippen LogP contribution in [-0.4, -0.2) is 14.8 Å². The van der Waals surface area contributed by atoms with E-state index in [9.17, 15) is 0 Å². The average molecular weight is 316 g/mol. The summed E-state index contributed by atoms with van der Waals surface area (Å²) in [6.45, 7) is 2.99. The maximum Gasteiger partial charge on any atom is 0.0997 e. The Morgan fingerprint density at radius 2 is 2.41 bits per heavy atom. The lowest BCUT2D eigenvalue weighted by Crippen LogP contribution is -2.30. The molecule has 0 aliphatic heterocycles. The van der Waals surface area contributed by atoms with Gasteiger partial charge in [0.1, 0.15) is 0 Å². The molecule has 1 atom stereocenters. The molecule has 2 aromatic rings. The first kappa shape index (κ1) is 12.7. The predicted molar refractivity (Wildman–Crippen MR) is 71.5 cm³/mol. The summed E-state index contributed by atoms with van der Waals surface area (Å²) in [6.07, 6.45) is 4.66. The molecule has 0 saturated heterocycles. The summed E-state index contributed by atoms with van der Waals surface area (Å²) in [5.41, 5.74) is 5.67. The van der Waals surface area contributed by atoms with Crippen LogP contribution in [0.5, 0.6) is 0 Å². The zero-order chi connectivity index (χ0) is 12.3. The third-order valence-electron chi connectivity index (χ3n) is 2.44. The van der Waals surface area contributed by atoms with Crippen molar-refractivity contribution >= 4 is 27.3 Å². The van der Waals surface area contributed by atoms with E-state index in [4.69, 9.17) is 5.84 Å². The molecule has 0 amide bonds. The SMILES string of the molecule is CCCn1ncc(Br)c1C(NN)c1cncs1. The first-order valence-corrected chi connectivity index (χ1v) is 7.01. The van der Waals surface area contributed by atoms with Crippen molar-refractivity contribution < 1.29 is 0 Å². The minimum atomic E-state index is -0.0778. The van der Waals surface area contributed by atoms with Gasteiger partial charge < -0.3 is 0 Å². The highest BCUT2D eigenvalue weighted by Crippen LogP contribution is 2.29. The summed E-state index contributed by atoms with van der Waals surface area (Å²) in [4.78, 5) is 5.16. The lowest BCUT2D eigenvalue weighted by Gasteiger charge is -2.16. The largest absolute Gasteiger partial charge is 0.270 e. The van der Waals surface area contributed by atoms with Crippen LogP contribution in [0.2, 0.25) is 0 Å². The van der Waals surface area contributed by atoms with E-state index in [1.807, 2.05) is 10.9 Å². The molecule has 1 unspecified atom stereocenters. The van der Waals surface area contributed by atoms with Gasteiger partial charge in [-0.2, -0.15) is 5.10 Å². The number of thiazole rings is 1. The lowest BCUT2D eigenvalue weighted by molar-refractivity contribution is 0.523. The fourth-order valence-electron chi connectivity index (χ4n) is 1.71. The van der Waals surface area contributed by atoms with Crippen LogP contribution in [0.3, 0.4) is 0 Å². The maximum atomic E-state index is 5.66. The predicted octanol–water partition coefficient (Wildman–Crippen LogP) is 2.06. The van der Waals surface area contributed by atoms with E-state index in [-0.39, 0.29) is 6.04 Å². The second-order valence-electron chi connectivity index (χ2n) is 3.60. The van der Waals surface area contributed by atoms with Crippen LogP contribution >= 0.6 is 27.3 Å². The third-order valence-corrected chi connectivity index (χ3v) is 3.90. The van der Waals surface area contributed by atoms with Crippen LogP contribution in [0.4, 0.5) is 0 Å². The summed E-state index contributed by atoms with van der Waals surface area (Å²) in [5.74, 6) is 5.66. The summed E-state index contributed by atoms with van der Waals surface area (Å²) >= 11 is 5.09. The molecule has 17 heavy (non-hydrogen) atoms. The van der Waals surface area contributed by atoms with Crippen molar-refractivity contribution in [1.29, 1.82) is 0 Å². The van der Waals surface area contributed by atoms with E-state index in [0.29, 0.717) is 0 Å². The Balaban J connectivity index is 2.39. The smallest absolute Gasteiger partial charge is 0.0997 e. The number of aromatic nitrogens is 3. The highest BCUT2D eigenvalue weighted by atomic mass is 79.9. The molecule has 0 fully saturated rings. The topological polar surface area (TPSA) is 68.8 Å². The number of aryl methyl sites for hydroxylation is 1. The normalized spacial score (nSPS) is 12.9. The van der Waals surface area contributed by atoms with Crippen molar-refractivity contribution in [2.45, 2.75) is 25.9 Å². The molecule has 0 saturated carbocycles. The molecular weight excluding hydrogens is 302 g/mol. The van der Waals surface area contributed by atoms with Gasteiger partial charge in [0, 0.05) is 17.6 Å². The third kappa shape index (κ3) is 2.57. The van der Waals surface area contributed by atoms with Crippen molar-refractivity contribution in [3.63, 3.8) is 0 Å². The standard InChI is InChI=1S/C10H14BrN5S/c1-2-3-16-10(7(11)4-14-16)9(15-12)8-5-13-6-17-8/h4-6,9,15H,2-3,12H2,1H3. The first-order valence-electron chi connectivity index (χ1n) is 5.33. The first-order chi connectivity index (χ1) is 8.27. The van der Waals surface area contributed by atoms with Gasteiger partial charge in [0.05, 0.1) is 27.9 Å². The fraction of sp³-hybridized carbons (Fsp3) is 0.400. The van der Waals surface area contributed by atoms with Gasteiger partial charge in [-0.25, -0.2) is 5.43 Å². The zero-order valence-electron chi connectivity index (χ0n) is 9.43. The highest BCUT2D eigenvalue weighted by molar-refractivity contribution is 9.10. The van der Waals surface area contributed by atoms with E-state index in [0.717, 1.165) is 28.0 Å². The average Bonchev–Trinajstić information content (AvgIpc) is 2.94. The molecule has 0 aliphatic carbocycles. The molecule has 2 aromatic heterocycles. The van der Waals surface area contributed by atoms with E-state index >= 15 is 0 Å². The molecule has 0 spiro atoms. The molecule has 0 aliphatic rings. The molecule has 2 rings (SSSR count). The number of hydrazine groups is 1. The van der Waals surface area contributed by atoms with Gasteiger partial charge in [-0.05, 0) is 22.4 Å². The monoisotopic (exact) mass is 315 g/mol. The van der Waals surface area contributed by atoms with E-state index in [1.54, 1.807) is 23.0 Å². The maximum absolute atomic E-state index is 5.66. The summed E-state index contributed by atoms with van der Waals surface area (Å²) in [5, 5.41) is 4.34. The number of hydrogen-bond donors (Lipinski definition) is 2. The van der Waals surface area contributed by atoms with Gasteiger partial charge in [0.15, 0.2) is 0 Å². The second kappa shape index (κ2) is 5.72. The summed E-state index contributed by atoms with van der Waals surface area (Å²) < 4.78 is 2.93. The molecule has 0 radical (unpaired) electrons. The number of rotatable bonds is 5. The molecule has 0 bridgehead atoms. The molecule has 7 heteroatoms. The Morgan fingerprint density at radius 3 is 3.00 bits per heavy atom. The van der Waals surface area contributed by atoms with Gasteiger partial charge in [-0.15, -0.1) is 11.3 Å². The number of nitrogens with one attached hydrogen (secondary N) is 1. The van der Waals surface area contributed by atoms with Crippen molar-refractivity contribution in [3.8, 4) is 0 Å². The number of hydrogen-bond acceptors (Lipinski definition) is 5. The molecule has 5 nitrogen and oxygen atoms in total. The zero-order valence-corrected chi connectivity index (χ0v) is 11.8. The van der Waals surface area contributed by atoms with Crippen LogP contribution in [-0.2, 0) is 6.54 Å². The molecule has 92 valence electrons. The van der Waals surface area contributed by atoms with Crippen LogP contribution in [0.15, 0.2) is 22.4 Å². The van der Waals surface area contributed by atoms with Crippen LogP contribution in [0.25, 0.3) is 0 Å². The summed E-state index contributed by atoms with van der Waals surface area (Å²) in [6, 6.07) is -0.0778. The quantitative estimate of drug-likeness (QED) is 0.654. The number of nitrogens with two attached hydrogens (primary N) is 1. The fourth-order valence-corrected chi connectivity index (χ4v) is 2.92. The Hall–Kier alpha value is -0.760.